The number of hydrogen-bond acceptors (Lipinski definition) is 6. The molecule has 0 spiro atoms. The number of methoxy groups -OCH3 is 1. The summed E-state index contributed by atoms with van der Waals surface area (Å²) in [7, 11) is 1.53. The van der Waals surface area contributed by atoms with Gasteiger partial charge in [0.25, 0.3) is 11.7 Å². The minimum absolute atomic E-state index is 0.0148. The number of nitrogens with zero attached hydrogens (tertiary/aromatic N) is 2. The zero-order valence-corrected chi connectivity index (χ0v) is 17.6. The molecule has 1 aliphatic heterocycles. The number of rotatable bonds is 7. The van der Waals surface area contributed by atoms with Gasteiger partial charge in [0.2, 0.25) is 0 Å². The molecule has 2 heterocycles. The zero-order chi connectivity index (χ0) is 21.8. The second-order valence-electron chi connectivity index (χ2n) is 7.41. The lowest BCUT2D eigenvalue weighted by atomic mass is 9.95. The highest BCUT2D eigenvalue weighted by atomic mass is 16.5. The molecule has 1 atom stereocenters. The third kappa shape index (κ3) is 4.21. The van der Waals surface area contributed by atoms with Crippen LogP contribution in [0, 0.1) is 6.92 Å². The Morgan fingerprint density at radius 1 is 1.20 bits per heavy atom. The first kappa shape index (κ1) is 21.5. The van der Waals surface area contributed by atoms with Gasteiger partial charge < -0.3 is 19.5 Å². The Hall–Kier alpha value is -3.19. The molecule has 0 saturated carbocycles. The first-order chi connectivity index (χ1) is 14.3. The molecule has 0 bridgehead atoms. The third-order valence-corrected chi connectivity index (χ3v) is 4.91. The van der Waals surface area contributed by atoms with Gasteiger partial charge in [-0.25, -0.2) is 0 Å². The Labute approximate surface area is 175 Å². The number of benzene rings is 1. The number of Topliss-reactive ketones (excluding diaryl/α,β-unsaturated/α-hetero) is 1. The van der Waals surface area contributed by atoms with Crippen LogP contribution in [0.1, 0.15) is 36.6 Å². The van der Waals surface area contributed by atoms with E-state index in [1.165, 1.54) is 12.0 Å². The van der Waals surface area contributed by atoms with Gasteiger partial charge in [0.1, 0.15) is 11.5 Å². The van der Waals surface area contributed by atoms with Gasteiger partial charge in [0.15, 0.2) is 0 Å². The summed E-state index contributed by atoms with van der Waals surface area (Å²) in [5, 5.41) is 11.1. The maximum absolute atomic E-state index is 12.9. The average molecular weight is 410 g/mol. The molecular weight excluding hydrogens is 384 g/mol. The number of aryl methyl sites for hydroxylation is 1. The lowest BCUT2D eigenvalue weighted by Crippen LogP contribution is -2.32. The molecule has 1 aromatic carbocycles. The summed E-state index contributed by atoms with van der Waals surface area (Å²) in [6, 6.07) is 7.94. The third-order valence-electron chi connectivity index (χ3n) is 4.91. The number of amides is 1. The smallest absolute Gasteiger partial charge is 0.295 e. The topological polar surface area (TPSA) is 89.0 Å². The van der Waals surface area contributed by atoms with Crippen LogP contribution in [0.15, 0.2) is 48.3 Å². The van der Waals surface area contributed by atoms with E-state index >= 15 is 0 Å². The Balaban J connectivity index is 2.10. The molecule has 1 unspecified atom stereocenters. The zero-order valence-electron chi connectivity index (χ0n) is 17.6. The van der Waals surface area contributed by atoms with Crippen LogP contribution < -0.4 is 4.74 Å². The Kier molecular flexibility index (Phi) is 6.52. The van der Waals surface area contributed by atoms with E-state index in [0.29, 0.717) is 16.9 Å². The van der Waals surface area contributed by atoms with Crippen LogP contribution in [0.3, 0.4) is 0 Å². The molecule has 158 valence electrons. The van der Waals surface area contributed by atoms with Crippen molar-refractivity contribution in [2.24, 2.45) is 0 Å². The van der Waals surface area contributed by atoms with Crippen LogP contribution in [0.5, 0.6) is 5.75 Å². The summed E-state index contributed by atoms with van der Waals surface area (Å²) in [6.07, 6.45) is 3.20. The summed E-state index contributed by atoms with van der Waals surface area (Å²) in [5.41, 5.74) is 2.02. The molecule has 1 aliphatic rings. The van der Waals surface area contributed by atoms with Crippen LogP contribution in [0.25, 0.3) is 5.76 Å². The molecule has 30 heavy (non-hydrogen) atoms. The molecule has 7 nitrogen and oxygen atoms in total. The minimum Gasteiger partial charge on any atom is -0.507 e. The van der Waals surface area contributed by atoms with Crippen molar-refractivity contribution < 1.29 is 24.2 Å². The highest BCUT2D eigenvalue weighted by Crippen LogP contribution is 2.39. The number of carbonyl (C=O) groups is 2. The lowest BCUT2D eigenvalue weighted by Gasteiger charge is -2.25. The quantitative estimate of drug-likeness (QED) is 0.428. The van der Waals surface area contributed by atoms with E-state index in [1.807, 2.05) is 20.8 Å². The fourth-order valence-electron chi connectivity index (χ4n) is 3.53. The van der Waals surface area contributed by atoms with E-state index in [9.17, 15) is 14.7 Å². The van der Waals surface area contributed by atoms with E-state index in [2.05, 4.69) is 4.98 Å². The number of pyridine rings is 1. The van der Waals surface area contributed by atoms with Crippen molar-refractivity contribution >= 4 is 17.4 Å². The van der Waals surface area contributed by atoms with E-state index in [1.54, 1.807) is 42.7 Å². The van der Waals surface area contributed by atoms with Crippen molar-refractivity contribution in [1.82, 2.24) is 9.88 Å². The normalized spacial score (nSPS) is 18.3. The van der Waals surface area contributed by atoms with Crippen molar-refractivity contribution in [3.05, 3.63) is 65.0 Å². The van der Waals surface area contributed by atoms with E-state index in [4.69, 9.17) is 9.47 Å². The van der Waals surface area contributed by atoms with Crippen LogP contribution in [-0.4, -0.2) is 53.0 Å². The molecule has 1 saturated heterocycles. The van der Waals surface area contributed by atoms with Gasteiger partial charge in [-0.2, -0.15) is 0 Å². The Bertz CT molecular complexity index is 969. The van der Waals surface area contributed by atoms with Crippen LogP contribution in [0.2, 0.25) is 0 Å². The van der Waals surface area contributed by atoms with Gasteiger partial charge in [-0.15, -0.1) is 0 Å². The molecule has 7 heteroatoms. The van der Waals surface area contributed by atoms with Gasteiger partial charge >= 0.3 is 0 Å². The molecular formula is C23H26N2O5. The number of ether oxygens (including phenoxy) is 2. The van der Waals surface area contributed by atoms with Gasteiger partial charge in [-0.3, -0.25) is 14.6 Å². The highest BCUT2D eigenvalue weighted by molar-refractivity contribution is 6.46. The van der Waals surface area contributed by atoms with Crippen molar-refractivity contribution in [3.8, 4) is 5.75 Å². The minimum atomic E-state index is -0.717. The molecule has 1 aromatic heterocycles. The summed E-state index contributed by atoms with van der Waals surface area (Å²) in [5.74, 6) is -0.889. The number of aliphatic hydroxyl groups excluding tert-OH is 1. The molecule has 1 amide bonds. The number of aliphatic hydroxyl groups is 1. The van der Waals surface area contributed by atoms with Crippen molar-refractivity contribution in [1.29, 1.82) is 0 Å². The predicted molar refractivity (Wildman–Crippen MR) is 112 cm³/mol. The molecule has 3 rings (SSSR count). The second kappa shape index (κ2) is 9.09. The van der Waals surface area contributed by atoms with Gasteiger partial charge in [0, 0.05) is 31.6 Å². The number of carbonyl (C=O) groups excluding carboxylic acids is 2. The first-order valence-corrected chi connectivity index (χ1v) is 9.80. The van der Waals surface area contributed by atoms with Crippen LogP contribution in [-0.2, 0) is 14.3 Å². The predicted octanol–water partition coefficient (Wildman–Crippen LogP) is 3.25. The first-order valence-electron chi connectivity index (χ1n) is 9.80. The summed E-state index contributed by atoms with van der Waals surface area (Å²) in [6.45, 7) is 6.24. The number of hydrogen-bond donors (Lipinski definition) is 1. The van der Waals surface area contributed by atoms with Crippen molar-refractivity contribution in [3.63, 3.8) is 0 Å². The standard InChI is InChI=1S/C23H26N2O5/c1-14(2)30-18-6-5-17(13-15(18)3)21(26)19-20(16-7-9-24-10-8-16)25(11-12-29-4)23(28)22(19)27/h5-10,13-14,20,26H,11-12H2,1-4H3/b21-19+. The molecule has 0 radical (unpaired) electrons. The maximum atomic E-state index is 12.9. The fourth-order valence-corrected chi connectivity index (χ4v) is 3.53. The molecule has 0 aliphatic carbocycles. The lowest BCUT2D eigenvalue weighted by molar-refractivity contribution is -0.140. The maximum Gasteiger partial charge on any atom is 0.295 e. The van der Waals surface area contributed by atoms with Crippen LogP contribution in [0.4, 0.5) is 0 Å². The number of likely N-dealkylation sites (tertiary alicyclic amines) is 1. The summed E-state index contributed by atoms with van der Waals surface area (Å²) < 4.78 is 10.8. The average Bonchev–Trinajstić information content (AvgIpc) is 2.98. The molecule has 1 N–H and O–H groups in total. The fraction of sp³-hybridized carbons (Fsp3) is 0.348. The summed E-state index contributed by atoms with van der Waals surface area (Å²) in [4.78, 5) is 31.0. The van der Waals surface area contributed by atoms with Crippen LogP contribution >= 0.6 is 0 Å². The van der Waals surface area contributed by atoms with Gasteiger partial charge in [0.05, 0.1) is 24.3 Å². The van der Waals surface area contributed by atoms with Gasteiger partial charge in [-0.1, -0.05) is 0 Å². The van der Waals surface area contributed by atoms with Crippen molar-refractivity contribution in [2.75, 3.05) is 20.3 Å². The van der Waals surface area contributed by atoms with E-state index in [0.717, 1.165) is 5.56 Å². The highest BCUT2D eigenvalue weighted by Gasteiger charge is 2.45. The number of aromatic nitrogens is 1. The van der Waals surface area contributed by atoms with E-state index < -0.39 is 17.7 Å². The Morgan fingerprint density at radius 3 is 2.50 bits per heavy atom. The van der Waals surface area contributed by atoms with Gasteiger partial charge in [-0.05, 0) is 62.2 Å². The number of ketones is 1. The molecule has 2 aromatic rings. The van der Waals surface area contributed by atoms with E-state index in [-0.39, 0.29) is 30.6 Å². The summed E-state index contributed by atoms with van der Waals surface area (Å²) >= 11 is 0. The largest absolute Gasteiger partial charge is 0.507 e. The monoisotopic (exact) mass is 410 g/mol. The van der Waals surface area contributed by atoms with Crippen molar-refractivity contribution in [2.45, 2.75) is 32.9 Å². The second-order valence-corrected chi connectivity index (χ2v) is 7.41. The Morgan fingerprint density at radius 2 is 1.90 bits per heavy atom. The molecule has 1 fully saturated rings. The SMILES string of the molecule is COCCN1C(=O)C(=O)/C(=C(/O)c2ccc(OC(C)C)c(C)c2)C1c1ccncc1.